The van der Waals surface area contributed by atoms with Crippen LogP contribution >= 0.6 is 0 Å². The van der Waals surface area contributed by atoms with Gasteiger partial charge < -0.3 is 5.73 Å². The quantitative estimate of drug-likeness (QED) is 0.891. The van der Waals surface area contributed by atoms with Crippen LogP contribution in [0, 0.1) is 5.92 Å². The van der Waals surface area contributed by atoms with E-state index in [0.717, 1.165) is 12.5 Å². The van der Waals surface area contributed by atoms with Crippen molar-refractivity contribution >= 4 is 0 Å². The lowest BCUT2D eigenvalue weighted by atomic mass is 9.90. The van der Waals surface area contributed by atoms with Crippen LogP contribution in [0.4, 0.5) is 0 Å². The van der Waals surface area contributed by atoms with Gasteiger partial charge in [0, 0.05) is 37.4 Å². The molecule has 4 atom stereocenters. The normalized spacial score (nSPS) is 29.2. The number of hydrogen-bond acceptors (Lipinski definition) is 3. The first-order chi connectivity index (χ1) is 8.49. The van der Waals surface area contributed by atoms with Gasteiger partial charge in [0.25, 0.3) is 0 Å². The Morgan fingerprint density at radius 3 is 2.67 bits per heavy atom. The van der Waals surface area contributed by atoms with E-state index >= 15 is 0 Å². The molecule has 1 aromatic heterocycles. The highest BCUT2D eigenvalue weighted by Gasteiger charge is 2.32. The predicted octanol–water partition coefficient (Wildman–Crippen LogP) is 1.93. The molecule has 2 heterocycles. The Bertz CT molecular complexity index is 385. The highest BCUT2D eigenvalue weighted by atomic mass is 15.3. The van der Waals surface area contributed by atoms with Crippen molar-refractivity contribution in [2.24, 2.45) is 18.7 Å². The Hall–Kier alpha value is -0.870. The molecule has 1 aromatic rings. The zero-order valence-corrected chi connectivity index (χ0v) is 12.0. The standard InChI is InChI=1S/C14H26N4/c1-10-5-6-11(2)18(8-10)14(12(3)15)13-7-16-17(4)9-13/h7,9-12,14H,5-6,8,15H2,1-4H3. The van der Waals surface area contributed by atoms with Crippen LogP contribution < -0.4 is 5.73 Å². The molecular weight excluding hydrogens is 224 g/mol. The molecule has 0 amide bonds. The molecule has 102 valence electrons. The van der Waals surface area contributed by atoms with Gasteiger partial charge in [0.2, 0.25) is 0 Å². The summed E-state index contributed by atoms with van der Waals surface area (Å²) in [5.41, 5.74) is 7.48. The molecule has 2 rings (SSSR count). The van der Waals surface area contributed by atoms with Crippen LogP contribution in [-0.2, 0) is 7.05 Å². The van der Waals surface area contributed by atoms with Crippen molar-refractivity contribution in [3.63, 3.8) is 0 Å². The van der Waals surface area contributed by atoms with Crippen LogP contribution in [0.2, 0.25) is 0 Å². The van der Waals surface area contributed by atoms with Gasteiger partial charge >= 0.3 is 0 Å². The van der Waals surface area contributed by atoms with E-state index < -0.39 is 0 Å². The summed E-state index contributed by atoms with van der Waals surface area (Å²) >= 11 is 0. The number of nitrogens with two attached hydrogens (primary N) is 1. The third-order valence-electron chi connectivity index (χ3n) is 4.09. The van der Waals surface area contributed by atoms with E-state index in [-0.39, 0.29) is 12.1 Å². The number of piperidine rings is 1. The lowest BCUT2D eigenvalue weighted by Crippen LogP contribution is -2.48. The zero-order valence-electron chi connectivity index (χ0n) is 12.0. The van der Waals surface area contributed by atoms with Gasteiger partial charge in [-0.1, -0.05) is 6.92 Å². The number of nitrogens with zero attached hydrogens (tertiary/aromatic N) is 3. The van der Waals surface area contributed by atoms with E-state index in [2.05, 4.69) is 37.0 Å². The fraction of sp³-hybridized carbons (Fsp3) is 0.786. The van der Waals surface area contributed by atoms with Crippen molar-refractivity contribution in [1.29, 1.82) is 0 Å². The minimum Gasteiger partial charge on any atom is -0.326 e. The van der Waals surface area contributed by atoms with Crippen molar-refractivity contribution in [3.8, 4) is 0 Å². The number of aromatic nitrogens is 2. The Morgan fingerprint density at radius 2 is 2.11 bits per heavy atom. The van der Waals surface area contributed by atoms with Gasteiger partial charge in [-0.25, -0.2) is 0 Å². The molecular formula is C14H26N4. The summed E-state index contributed by atoms with van der Waals surface area (Å²) < 4.78 is 1.86. The molecule has 0 bridgehead atoms. The maximum atomic E-state index is 6.24. The summed E-state index contributed by atoms with van der Waals surface area (Å²) in [5.74, 6) is 0.763. The van der Waals surface area contributed by atoms with Gasteiger partial charge in [0.15, 0.2) is 0 Å². The molecule has 4 nitrogen and oxygen atoms in total. The van der Waals surface area contributed by atoms with Crippen molar-refractivity contribution in [1.82, 2.24) is 14.7 Å². The average Bonchev–Trinajstić information content (AvgIpc) is 2.70. The number of aryl methyl sites for hydroxylation is 1. The molecule has 0 saturated carbocycles. The Balaban J connectivity index is 2.24. The van der Waals surface area contributed by atoms with Gasteiger partial charge in [-0.15, -0.1) is 0 Å². The van der Waals surface area contributed by atoms with Gasteiger partial charge in [-0.2, -0.15) is 5.10 Å². The van der Waals surface area contributed by atoms with Crippen LogP contribution in [-0.4, -0.2) is 33.3 Å². The van der Waals surface area contributed by atoms with Gasteiger partial charge in [-0.3, -0.25) is 9.58 Å². The average molecular weight is 250 g/mol. The first-order valence-electron chi connectivity index (χ1n) is 6.99. The Kier molecular flexibility index (Phi) is 4.07. The van der Waals surface area contributed by atoms with E-state index in [4.69, 9.17) is 5.73 Å². The summed E-state index contributed by atoms with van der Waals surface area (Å²) in [5, 5.41) is 4.29. The predicted molar refractivity (Wildman–Crippen MR) is 74.2 cm³/mol. The fourth-order valence-electron chi connectivity index (χ4n) is 3.10. The van der Waals surface area contributed by atoms with Crippen LogP contribution in [0.5, 0.6) is 0 Å². The number of hydrogen-bond donors (Lipinski definition) is 1. The molecule has 0 spiro atoms. The summed E-state index contributed by atoms with van der Waals surface area (Å²) in [4.78, 5) is 2.57. The summed E-state index contributed by atoms with van der Waals surface area (Å²) in [6.45, 7) is 7.89. The number of rotatable bonds is 3. The molecule has 0 radical (unpaired) electrons. The molecule has 4 unspecified atom stereocenters. The topological polar surface area (TPSA) is 47.1 Å². The van der Waals surface area contributed by atoms with Crippen molar-refractivity contribution < 1.29 is 0 Å². The van der Waals surface area contributed by atoms with Crippen LogP contribution in [0.15, 0.2) is 12.4 Å². The van der Waals surface area contributed by atoms with Crippen LogP contribution in [0.3, 0.4) is 0 Å². The minimum absolute atomic E-state index is 0.127. The largest absolute Gasteiger partial charge is 0.326 e. The SMILES string of the molecule is CC1CCC(C)N(C(c2cnn(C)c2)C(C)N)C1. The molecule has 4 heteroatoms. The Morgan fingerprint density at radius 1 is 1.39 bits per heavy atom. The zero-order chi connectivity index (χ0) is 13.3. The van der Waals surface area contributed by atoms with E-state index in [1.807, 2.05) is 17.9 Å². The van der Waals surface area contributed by atoms with Crippen molar-refractivity contribution in [2.45, 2.75) is 51.7 Å². The molecule has 1 aliphatic rings. The van der Waals surface area contributed by atoms with E-state index in [0.29, 0.717) is 6.04 Å². The molecule has 0 aliphatic carbocycles. The fourth-order valence-corrected chi connectivity index (χ4v) is 3.10. The maximum absolute atomic E-state index is 6.24. The van der Waals surface area contributed by atoms with Crippen molar-refractivity contribution in [2.75, 3.05) is 6.54 Å². The molecule has 18 heavy (non-hydrogen) atoms. The lowest BCUT2D eigenvalue weighted by molar-refractivity contribution is 0.0660. The first kappa shape index (κ1) is 13.6. The summed E-state index contributed by atoms with van der Waals surface area (Å²) in [7, 11) is 1.96. The molecule has 1 saturated heterocycles. The highest BCUT2D eigenvalue weighted by molar-refractivity contribution is 5.14. The molecule has 1 aliphatic heterocycles. The Labute approximate surface area is 110 Å². The van der Waals surface area contributed by atoms with E-state index in [1.54, 1.807) is 0 Å². The third-order valence-corrected chi connectivity index (χ3v) is 4.09. The van der Waals surface area contributed by atoms with Crippen molar-refractivity contribution in [3.05, 3.63) is 18.0 Å². The molecule has 2 N–H and O–H groups in total. The monoisotopic (exact) mass is 250 g/mol. The van der Waals surface area contributed by atoms with E-state index in [1.165, 1.54) is 18.4 Å². The lowest BCUT2D eigenvalue weighted by Gasteiger charge is -2.43. The van der Waals surface area contributed by atoms with Crippen LogP contribution in [0.1, 0.15) is 45.2 Å². The second kappa shape index (κ2) is 5.41. The summed E-state index contributed by atoms with van der Waals surface area (Å²) in [6, 6.07) is 1.02. The smallest absolute Gasteiger partial charge is 0.0538 e. The second-order valence-electron chi connectivity index (χ2n) is 5.98. The molecule has 1 fully saturated rings. The van der Waals surface area contributed by atoms with E-state index in [9.17, 15) is 0 Å². The first-order valence-corrected chi connectivity index (χ1v) is 6.99. The second-order valence-corrected chi connectivity index (χ2v) is 5.98. The van der Waals surface area contributed by atoms with Crippen LogP contribution in [0.25, 0.3) is 0 Å². The highest BCUT2D eigenvalue weighted by Crippen LogP contribution is 2.32. The maximum Gasteiger partial charge on any atom is 0.0538 e. The minimum atomic E-state index is 0.127. The van der Waals surface area contributed by atoms with Gasteiger partial charge in [0.1, 0.15) is 0 Å². The van der Waals surface area contributed by atoms with Gasteiger partial charge in [0.05, 0.1) is 12.2 Å². The third kappa shape index (κ3) is 2.75. The summed E-state index contributed by atoms with van der Waals surface area (Å²) in [6.07, 6.45) is 6.65. The van der Waals surface area contributed by atoms with Gasteiger partial charge in [-0.05, 0) is 32.6 Å². The molecule has 0 aromatic carbocycles. The number of likely N-dealkylation sites (tertiary alicyclic amines) is 1.